The number of hydrogen-bond donors (Lipinski definition) is 2. The van der Waals surface area contributed by atoms with Crippen LogP contribution in [-0.4, -0.2) is 10.2 Å². The van der Waals surface area contributed by atoms with E-state index in [9.17, 15) is 10.2 Å². The zero-order chi connectivity index (χ0) is 17.6. The Labute approximate surface area is 137 Å². The van der Waals surface area contributed by atoms with Crippen LogP contribution < -0.4 is 10.8 Å². The lowest BCUT2D eigenvalue weighted by Crippen LogP contribution is -2.17. The van der Waals surface area contributed by atoms with Crippen molar-refractivity contribution < 1.29 is 14.6 Å². The van der Waals surface area contributed by atoms with Gasteiger partial charge >= 0.3 is 0 Å². The van der Waals surface area contributed by atoms with Gasteiger partial charge in [0.25, 0.3) is 0 Å². The van der Waals surface area contributed by atoms with Crippen molar-refractivity contribution in [3.05, 3.63) is 45.7 Å². The maximum Gasteiger partial charge on any atom is 0.169 e. The highest BCUT2D eigenvalue weighted by molar-refractivity contribution is 5.59. The Morgan fingerprint density at radius 2 is 1.39 bits per heavy atom. The van der Waals surface area contributed by atoms with E-state index in [-0.39, 0.29) is 16.6 Å². The summed E-state index contributed by atoms with van der Waals surface area (Å²) in [4.78, 5) is 0. The SMILES string of the molecule is C=c1cc(O)/c(=C/c2cc(C(C)(C)C)c(O)c(C(C)(C)C)c2)o1. The number of benzene rings is 1. The molecule has 1 aromatic heterocycles. The van der Waals surface area contributed by atoms with E-state index in [1.807, 2.05) is 12.1 Å². The fourth-order valence-electron chi connectivity index (χ4n) is 2.58. The summed E-state index contributed by atoms with van der Waals surface area (Å²) < 4.78 is 5.42. The van der Waals surface area contributed by atoms with Gasteiger partial charge in [0.15, 0.2) is 11.2 Å². The molecule has 0 bridgehead atoms. The summed E-state index contributed by atoms with van der Waals surface area (Å²) in [5.41, 5.74) is 3.02. The number of aromatic hydroxyl groups is 2. The maximum absolute atomic E-state index is 10.7. The van der Waals surface area contributed by atoms with Crippen molar-refractivity contribution in [1.82, 2.24) is 0 Å². The van der Waals surface area contributed by atoms with Crippen molar-refractivity contribution in [2.45, 2.75) is 52.4 Å². The quantitative estimate of drug-likeness (QED) is 0.847. The van der Waals surface area contributed by atoms with Crippen LogP contribution in [0.25, 0.3) is 12.7 Å². The fraction of sp³-hybridized carbons (Fsp3) is 0.400. The largest absolute Gasteiger partial charge is 0.507 e. The Morgan fingerprint density at radius 3 is 1.74 bits per heavy atom. The Bertz CT molecular complexity index is 792. The van der Waals surface area contributed by atoms with Gasteiger partial charge < -0.3 is 14.6 Å². The summed E-state index contributed by atoms with van der Waals surface area (Å²) in [5.74, 6) is 0.404. The predicted molar refractivity (Wildman–Crippen MR) is 94.2 cm³/mol. The van der Waals surface area contributed by atoms with Gasteiger partial charge in [0.1, 0.15) is 11.2 Å². The number of furan rings is 1. The first-order valence-corrected chi connectivity index (χ1v) is 7.77. The van der Waals surface area contributed by atoms with E-state index >= 15 is 0 Å². The lowest BCUT2D eigenvalue weighted by Gasteiger charge is -2.27. The zero-order valence-corrected chi connectivity index (χ0v) is 14.8. The van der Waals surface area contributed by atoms with Crippen LogP contribution in [0.1, 0.15) is 58.2 Å². The number of hydrogen-bond acceptors (Lipinski definition) is 3. The van der Waals surface area contributed by atoms with Crippen LogP contribution in [0.3, 0.4) is 0 Å². The number of rotatable bonds is 1. The van der Waals surface area contributed by atoms with E-state index in [0.29, 0.717) is 16.6 Å². The van der Waals surface area contributed by atoms with E-state index in [2.05, 4.69) is 48.1 Å². The van der Waals surface area contributed by atoms with Gasteiger partial charge in [-0.15, -0.1) is 0 Å². The Kier molecular flexibility index (Phi) is 4.10. The van der Waals surface area contributed by atoms with Crippen LogP contribution in [-0.2, 0) is 10.8 Å². The summed E-state index contributed by atoms with van der Waals surface area (Å²) >= 11 is 0. The van der Waals surface area contributed by atoms with Gasteiger partial charge in [-0.05, 0) is 34.6 Å². The third kappa shape index (κ3) is 3.61. The average Bonchev–Trinajstić information content (AvgIpc) is 2.67. The molecule has 124 valence electrons. The summed E-state index contributed by atoms with van der Waals surface area (Å²) in [6.45, 7) is 16.1. The van der Waals surface area contributed by atoms with Gasteiger partial charge in [-0.3, -0.25) is 0 Å². The molecule has 0 aliphatic heterocycles. The van der Waals surface area contributed by atoms with E-state index < -0.39 is 0 Å². The summed E-state index contributed by atoms with van der Waals surface area (Å²) in [6.07, 6.45) is 1.77. The molecule has 23 heavy (non-hydrogen) atoms. The minimum Gasteiger partial charge on any atom is -0.507 e. The monoisotopic (exact) mass is 314 g/mol. The van der Waals surface area contributed by atoms with Crippen LogP contribution in [0.15, 0.2) is 22.6 Å². The second-order valence-electron chi connectivity index (χ2n) is 8.07. The van der Waals surface area contributed by atoms with Crippen LogP contribution in [0.2, 0.25) is 0 Å². The lowest BCUT2D eigenvalue weighted by atomic mass is 9.78. The van der Waals surface area contributed by atoms with Crippen molar-refractivity contribution in [3.8, 4) is 11.5 Å². The van der Waals surface area contributed by atoms with Crippen LogP contribution in [0.4, 0.5) is 0 Å². The highest BCUT2D eigenvalue weighted by Gasteiger charge is 2.26. The first-order chi connectivity index (χ1) is 10.4. The molecule has 2 N–H and O–H groups in total. The summed E-state index contributed by atoms with van der Waals surface area (Å²) in [5, 5.41) is 20.6. The minimum absolute atomic E-state index is 0.0673. The van der Waals surface area contributed by atoms with E-state index in [0.717, 1.165) is 16.7 Å². The van der Waals surface area contributed by atoms with Gasteiger partial charge in [-0.1, -0.05) is 48.1 Å². The van der Waals surface area contributed by atoms with Gasteiger partial charge in [0, 0.05) is 17.2 Å². The predicted octanol–water partition coefficient (Wildman–Crippen LogP) is 3.52. The molecule has 0 radical (unpaired) electrons. The second-order valence-corrected chi connectivity index (χ2v) is 8.07. The topological polar surface area (TPSA) is 53.6 Å². The average molecular weight is 314 g/mol. The Morgan fingerprint density at radius 1 is 0.913 bits per heavy atom. The fourth-order valence-corrected chi connectivity index (χ4v) is 2.58. The van der Waals surface area contributed by atoms with Crippen molar-refractivity contribution in [1.29, 1.82) is 0 Å². The molecule has 0 fully saturated rings. The van der Waals surface area contributed by atoms with Crippen molar-refractivity contribution in [2.24, 2.45) is 0 Å². The zero-order valence-electron chi connectivity index (χ0n) is 14.8. The molecule has 0 spiro atoms. The molecule has 0 saturated carbocycles. The molecule has 0 aliphatic carbocycles. The van der Waals surface area contributed by atoms with Crippen LogP contribution in [0.5, 0.6) is 11.5 Å². The third-order valence-corrected chi connectivity index (χ3v) is 3.84. The molecular formula is C20H26O3. The second kappa shape index (κ2) is 5.48. The van der Waals surface area contributed by atoms with Gasteiger partial charge in [-0.25, -0.2) is 0 Å². The molecular weight excluding hydrogens is 288 g/mol. The summed E-state index contributed by atoms with van der Waals surface area (Å²) in [6, 6.07) is 5.37. The minimum atomic E-state index is -0.198. The number of phenolic OH excluding ortho intramolecular Hbond substituents is 1. The molecule has 2 rings (SSSR count). The molecule has 0 saturated heterocycles. The van der Waals surface area contributed by atoms with E-state index in [1.54, 1.807) is 6.08 Å². The molecule has 1 aromatic carbocycles. The Hall–Kier alpha value is -2.16. The molecule has 3 heteroatoms. The molecule has 3 nitrogen and oxygen atoms in total. The van der Waals surface area contributed by atoms with Gasteiger partial charge in [-0.2, -0.15) is 0 Å². The number of phenols is 1. The first kappa shape index (κ1) is 17.2. The standard InChI is InChI=1S/C20H26O3/c1-12-8-16(21)17(23-12)11-13-9-14(19(2,3)4)18(22)15(10-13)20(5,6)7/h8-11,21-22H,1H2,2-7H3/b17-11-. The molecule has 0 amide bonds. The molecule has 0 atom stereocenters. The van der Waals surface area contributed by atoms with E-state index in [1.165, 1.54) is 6.07 Å². The smallest absolute Gasteiger partial charge is 0.169 e. The van der Waals surface area contributed by atoms with Gasteiger partial charge in [0.05, 0.1) is 0 Å². The van der Waals surface area contributed by atoms with Crippen molar-refractivity contribution in [2.75, 3.05) is 0 Å². The molecule has 1 heterocycles. The normalized spacial score (nSPS) is 13.6. The Balaban J connectivity index is 2.78. The van der Waals surface area contributed by atoms with Crippen LogP contribution in [0, 0.1) is 0 Å². The first-order valence-electron chi connectivity index (χ1n) is 7.77. The van der Waals surface area contributed by atoms with Crippen molar-refractivity contribution >= 4 is 12.7 Å². The van der Waals surface area contributed by atoms with Crippen molar-refractivity contribution in [3.63, 3.8) is 0 Å². The highest BCUT2D eigenvalue weighted by atomic mass is 16.4. The van der Waals surface area contributed by atoms with Crippen LogP contribution >= 0.6 is 0 Å². The molecule has 0 unspecified atom stereocenters. The molecule has 2 aromatic rings. The molecule has 0 aliphatic rings. The summed E-state index contributed by atoms with van der Waals surface area (Å²) in [7, 11) is 0. The highest BCUT2D eigenvalue weighted by Crippen LogP contribution is 2.39. The maximum atomic E-state index is 10.7. The third-order valence-electron chi connectivity index (χ3n) is 3.84. The van der Waals surface area contributed by atoms with Gasteiger partial charge in [0.2, 0.25) is 0 Å². The van der Waals surface area contributed by atoms with E-state index in [4.69, 9.17) is 4.42 Å². The lowest BCUT2D eigenvalue weighted by molar-refractivity contribution is 0.423.